The molecule has 0 aromatic heterocycles. The summed E-state index contributed by atoms with van der Waals surface area (Å²) >= 11 is 0. The van der Waals surface area contributed by atoms with E-state index in [1.54, 1.807) is 6.21 Å². The molecule has 0 fully saturated rings. The van der Waals surface area contributed by atoms with E-state index < -0.39 is 0 Å². The van der Waals surface area contributed by atoms with Gasteiger partial charge in [0.2, 0.25) is 5.76 Å². The van der Waals surface area contributed by atoms with Gasteiger partial charge in [-0.2, -0.15) is 4.84 Å². The Kier molecular flexibility index (Phi) is 1.44. The lowest BCUT2D eigenvalue weighted by Gasteiger charge is -1.92. The molecule has 0 spiro atoms. The zero-order chi connectivity index (χ0) is 7.52. The molecule has 0 saturated heterocycles. The average Bonchev–Trinajstić information content (AvgIpc) is 2.58. The fourth-order valence-electron chi connectivity index (χ4n) is 0.967. The molecule has 0 saturated carbocycles. The molecule has 1 aliphatic rings. The molecule has 1 aromatic carbocycles. The molecule has 0 unspecified atom stereocenters. The third-order valence-corrected chi connectivity index (χ3v) is 1.50. The Balaban J connectivity index is 2.31. The van der Waals surface area contributed by atoms with Crippen molar-refractivity contribution in [1.82, 2.24) is 5.16 Å². The maximum absolute atomic E-state index is 4.97. The lowest BCUT2D eigenvalue weighted by Crippen LogP contribution is -1.86. The number of nitrogens with zero attached hydrogens (tertiary/aromatic N) is 1. The van der Waals surface area contributed by atoms with Crippen molar-refractivity contribution in [3.63, 3.8) is 0 Å². The van der Waals surface area contributed by atoms with E-state index in [4.69, 9.17) is 4.84 Å². The lowest BCUT2D eigenvalue weighted by molar-refractivity contribution is 0.249. The predicted molar refractivity (Wildman–Crippen MR) is 43.7 cm³/mol. The zero-order valence-corrected chi connectivity index (χ0v) is 5.90. The van der Waals surface area contributed by atoms with Gasteiger partial charge in [0, 0.05) is 5.56 Å². The second-order valence-corrected chi connectivity index (χ2v) is 2.24. The third-order valence-electron chi connectivity index (χ3n) is 1.50. The number of oxime groups is 1. The Morgan fingerprint density at radius 1 is 1.09 bits per heavy atom. The van der Waals surface area contributed by atoms with Gasteiger partial charge in [-0.3, -0.25) is 0 Å². The monoisotopic (exact) mass is 145 g/mol. The molecule has 1 heterocycles. The highest BCUT2D eigenvalue weighted by atomic mass is 16.6. The first-order valence-corrected chi connectivity index (χ1v) is 3.43. The number of allylic oxidation sites excluding steroid dienone is 1. The van der Waals surface area contributed by atoms with Crippen molar-refractivity contribution in [2.75, 3.05) is 0 Å². The molecule has 1 radical (unpaired) electrons. The Morgan fingerprint density at radius 2 is 1.91 bits per heavy atom. The summed E-state index contributed by atoms with van der Waals surface area (Å²) in [7, 11) is 0. The van der Waals surface area contributed by atoms with Gasteiger partial charge in [-0.1, -0.05) is 30.3 Å². The van der Waals surface area contributed by atoms with Crippen molar-refractivity contribution >= 4 is 12.0 Å². The molecule has 0 atom stereocenters. The van der Waals surface area contributed by atoms with E-state index in [0.717, 1.165) is 11.3 Å². The normalized spacial score (nSPS) is 14.4. The highest BCUT2D eigenvalue weighted by molar-refractivity contribution is 5.83. The van der Waals surface area contributed by atoms with E-state index in [2.05, 4.69) is 5.16 Å². The van der Waals surface area contributed by atoms with Crippen molar-refractivity contribution in [1.29, 1.82) is 0 Å². The number of hydrogen-bond acceptors (Lipinski definition) is 2. The lowest BCUT2D eigenvalue weighted by atomic mass is 10.2. The van der Waals surface area contributed by atoms with Gasteiger partial charge >= 0.3 is 6.21 Å². The molecule has 53 valence electrons. The predicted octanol–water partition coefficient (Wildman–Crippen LogP) is 1.38. The summed E-state index contributed by atoms with van der Waals surface area (Å²) in [5.41, 5.74) is 1.06. The highest BCUT2D eigenvalue weighted by Crippen LogP contribution is 2.14. The first-order valence-electron chi connectivity index (χ1n) is 3.43. The van der Waals surface area contributed by atoms with E-state index in [0.29, 0.717) is 0 Å². The average molecular weight is 145 g/mol. The first kappa shape index (κ1) is 6.16. The minimum absolute atomic E-state index is 0.811. The molecular formula is C9H7NO+. The molecule has 0 N–H and O–H groups in total. The van der Waals surface area contributed by atoms with E-state index in [9.17, 15) is 0 Å². The highest BCUT2D eigenvalue weighted by Gasteiger charge is 2.13. The molecule has 0 bridgehead atoms. The zero-order valence-electron chi connectivity index (χ0n) is 5.90. The molecular weight excluding hydrogens is 138 g/mol. The molecule has 11 heavy (non-hydrogen) atoms. The Bertz CT molecular complexity index is 301. The van der Waals surface area contributed by atoms with E-state index in [1.807, 2.05) is 36.4 Å². The number of benzene rings is 1. The SMILES string of the molecule is C1=[N+]OC(c2ccccc2)=C1. The van der Waals surface area contributed by atoms with Crippen LogP contribution in [0.4, 0.5) is 0 Å². The fraction of sp³-hybridized carbons (Fsp3) is 0. The van der Waals surface area contributed by atoms with Gasteiger partial charge in [0.05, 0.1) is 6.08 Å². The molecule has 2 heteroatoms. The summed E-state index contributed by atoms with van der Waals surface area (Å²) in [4.78, 5) is 4.97. The smallest absolute Gasteiger partial charge is 0.171 e. The Labute approximate surface area is 64.8 Å². The largest absolute Gasteiger partial charge is 0.306 e. The molecule has 1 aromatic rings. The van der Waals surface area contributed by atoms with Crippen LogP contribution in [-0.2, 0) is 4.84 Å². The van der Waals surface area contributed by atoms with Gasteiger partial charge in [-0.25, -0.2) is 0 Å². The van der Waals surface area contributed by atoms with Crippen LogP contribution >= 0.6 is 0 Å². The minimum atomic E-state index is 0.811. The van der Waals surface area contributed by atoms with Crippen molar-refractivity contribution in [3.8, 4) is 0 Å². The second kappa shape index (κ2) is 2.58. The molecule has 0 amide bonds. The summed E-state index contributed by atoms with van der Waals surface area (Å²) < 4.78 is 0. The van der Waals surface area contributed by atoms with Crippen molar-refractivity contribution in [2.24, 2.45) is 0 Å². The van der Waals surface area contributed by atoms with Crippen LogP contribution in [-0.4, -0.2) is 6.21 Å². The third kappa shape index (κ3) is 1.15. The molecule has 1 aliphatic heterocycles. The topological polar surface area (TPSA) is 23.3 Å². The van der Waals surface area contributed by atoms with Crippen LogP contribution in [0.1, 0.15) is 5.56 Å². The molecule has 2 nitrogen and oxygen atoms in total. The van der Waals surface area contributed by atoms with Gasteiger partial charge in [-0.15, -0.1) is 0 Å². The van der Waals surface area contributed by atoms with Gasteiger partial charge in [0.25, 0.3) is 5.16 Å². The minimum Gasteiger partial charge on any atom is -0.171 e. The number of hydrogen-bond donors (Lipinski definition) is 0. The van der Waals surface area contributed by atoms with Crippen LogP contribution in [0.15, 0.2) is 36.4 Å². The van der Waals surface area contributed by atoms with Crippen molar-refractivity contribution < 1.29 is 4.84 Å². The molecule has 0 aliphatic carbocycles. The summed E-state index contributed by atoms with van der Waals surface area (Å²) in [6.45, 7) is 0. The van der Waals surface area contributed by atoms with Gasteiger partial charge in [-0.05, 0) is 0 Å². The fourth-order valence-corrected chi connectivity index (χ4v) is 0.967. The van der Waals surface area contributed by atoms with Crippen molar-refractivity contribution in [3.05, 3.63) is 42.0 Å². The van der Waals surface area contributed by atoms with Gasteiger partial charge in [0.1, 0.15) is 0 Å². The van der Waals surface area contributed by atoms with Crippen LogP contribution in [0.2, 0.25) is 0 Å². The van der Waals surface area contributed by atoms with Crippen LogP contribution in [0.25, 0.3) is 5.76 Å². The van der Waals surface area contributed by atoms with E-state index in [1.165, 1.54) is 0 Å². The van der Waals surface area contributed by atoms with Gasteiger partial charge < -0.3 is 0 Å². The second-order valence-electron chi connectivity index (χ2n) is 2.24. The van der Waals surface area contributed by atoms with Crippen LogP contribution < -0.4 is 5.16 Å². The van der Waals surface area contributed by atoms with Crippen molar-refractivity contribution in [2.45, 2.75) is 0 Å². The van der Waals surface area contributed by atoms with Crippen LogP contribution in [0.5, 0.6) is 0 Å². The molecule has 2 rings (SSSR count). The first-order chi connectivity index (χ1) is 5.47. The summed E-state index contributed by atoms with van der Waals surface area (Å²) in [5, 5.41) is 3.62. The summed E-state index contributed by atoms with van der Waals surface area (Å²) in [6, 6.07) is 9.89. The maximum atomic E-state index is 4.97. The van der Waals surface area contributed by atoms with E-state index in [-0.39, 0.29) is 0 Å². The number of rotatable bonds is 1. The van der Waals surface area contributed by atoms with Crippen LogP contribution in [0, 0.1) is 0 Å². The summed E-state index contributed by atoms with van der Waals surface area (Å²) in [6.07, 6.45) is 3.48. The summed E-state index contributed by atoms with van der Waals surface area (Å²) in [5.74, 6) is 0.811. The maximum Gasteiger partial charge on any atom is 0.306 e. The Hall–Kier alpha value is -1.57. The standard InChI is InChI=1S/C9H7NO/c1-2-4-8(5-3-1)9-6-7-10-11-9/h1-7H/q+1. The quantitative estimate of drug-likeness (QED) is 0.585. The van der Waals surface area contributed by atoms with Gasteiger partial charge in [0.15, 0.2) is 0 Å². The van der Waals surface area contributed by atoms with Crippen LogP contribution in [0.3, 0.4) is 0 Å². The van der Waals surface area contributed by atoms with E-state index >= 15 is 0 Å². The Morgan fingerprint density at radius 3 is 2.55 bits per heavy atom.